The maximum atomic E-state index is 14.0. The fourth-order valence-corrected chi connectivity index (χ4v) is 5.68. The van der Waals surface area contributed by atoms with Crippen molar-refractivity contribution in [2.45, 2.75) is 45.2 Å². The van der Waals surface area contributed by atoms with Crippen molar-refractivity contribution in [3.63, 3.8) is 0 Å². The number of carbonyl (C=O) groups is 2. The van der Waals surface area contributed by atoms with Crippen LogP contribution in [0.4, 0.5) is 16.2 Å². The van der Waals surface area contributed by atoms with Crippen LogP contribution in [-0.2, 0) is 40.5 Å². The maximum Gasteiger partial charge on any atom is 0.410 e. The molecule has 1 fully saturated rings. The van der Waals surface area contributed by atoms with E-state index in [1.165, 1.54) is 11.8 Å². The molecule has 1 heterocycles. The first-order valence-corrected chi connectivity index (χ1v) is 15.6. The van der Waals surface area contributed by atoms with Gasteiger partial charge in [0.25, 0.3) is 0 Å². The van der Waals surface area contributed by atoms with Crippen LogP contribution in [0.15, 0.2) is 84.9 Å². The standard InChI is InChI=1S/C36H35N3O11/c1-23-31(38(42)43)35(50-21-25-12-8-5-9-13-25)28(32(39(44)45)34(23)49-20-24-10-6-4-7-11-24)18-30(40)33-29(37(33)36(41)47-3)22-48-19-26-14-16-27(46-2)17-15-26/h4-17,29,33H,18-22H2,1-3H3/t29-,33-,37?/m0/s1. The van der Waals surface area contributed by atoms with Crippen LogP contribution in [0.3, 0.4) is 0 Å². The van der Waals surface area contributed by atoms with E-state index in [0.29, 0.717) is 16.9 Å². The highest BCUT2D eigenvalue weighted by molar-refractivity contribution is 5.96. The molecule has 0 saturated carbocycles. The number of nitro groups is 2. The molecular formula is C36H35N3O11. The van der Waals surface area contributed by atoms with E-state index in [1.807, 2.05) is 12.1 Å². The van der Waals surface area contributed by atoms with Gasteiger partial charge < -0.3 is 23.7 Å². The van der Waals surface area contributed by atoms with Crippen LogP contribution in [0.25, 0.3) is 0 Å². The summed E-state index contributed by atoms with van der Waals surface area (Å²) in [5.74, 6) is -0.751. The molecule has 0 spiro atoms. The molecule has 0 radical (unpaired) electrons. The number of rotatable bonds is 16. The quantitative estimate of drug-likeness (QED) is 0.0756. The zero-order valence-corrected chi connectivity index (χ0v) is 27.6. The second-order valence-corrected chi connectivity index (χ2v) is 11.4. The summed E-state index contributed by atoms with van der Waals surface area (Å²) in [4.78, 5) is 51.7. The van der Waals surface area contributed by atoms with Crippen molar-refractivity contribution in [1.29, 1.82) is 0 Å². The second-order valence-electron chi connectivity index (χ2n) is 11.4. The average molecular weight is 686 g/mol. The maximum absolute atomic E-state index is 14.0. The van der Waals surface area contributed by atoms with E-state index in [4.69, 9.17) is 23.7 Å². The lowest BCUT2D eigenvalue weighted by Crippen LogP contribution is -2.21. The summed E-state index contributed by atoms with van der Waals surface area (Å²) >= 11 is 0. The van der Waals surface area contributed by atoms with Gasteiger partial charge in [-0.2, -0.15) is 0 Å². The lowest BCUT2D eigenvalue weighted by atomic mass is 9.97. The Morgan fingerprint density at radius 2 is 1.28 bits per heavy atom. The van der Waals surface area contributed by atoms with Gasteiger partial charge in [-0.3, -0.25) is 29.9 Å². The number of amides is 1. The predicted molar refractivity (Wildman–Crippen MR) is 179 cm³/mol. The molecule has 1 amide bonds. The highest BCUT2D eigenvalue weighted by Gasteiger charge is 2.56. The first-order chi connectivity index (χ1) is 24.1. The molecule has 1 aliphatic rings. The average Bonchev–Trinajstić information content (AvgIpc) is 3.85. The molecule has 1 saturated heterocycles. The number of ether oxygens (including phenoxy) is 5. The van der Waals surface area contributed by atoms with Gasteiger partial charge >= 0.3 is 17.5 Å². The molecule has 260 valence electrons. The summed E-state index contributed by atoms with van der Waals surface area (Å²) in [6, 6.07) is 22.9. The normalized spacial score (nSPS) is 14.8. The van der Waals surface area contributed by atoms with Crippen LogP contribution in [-0.4, -0.2) is 59.5 Å². The smallest absolute Gasteiger partial charge is 0.410 e. The van der Waals surface area contributed by atoms with Crippen LogP contribution in [0.2, 0.25) is 0 Å². The minimum Gasteiger partial charge on any atom is -0.497 e. The summed E-state index contributed by atoms with van der Waals surface area (Å²) in [6.07, 6.45) is -1.48. The Labute approximate surface area is 287 Å². The zero-order valence-electron chi connectivity index (χ0n) is 27.6. The number of methoxy groups -OCH3 is 2. The van der Waals surface area contributed by atoms with Crippen molar-refractivity contribution in [2.75, 3.05) is 20.8 Å². The predicted octanol–water partition coefficient (Wildman–Crippen LogP) is 6.13. The van der Waals surface area contributed by atoms with E-state index in [-0.39, 0.29) is 43.3 Å². The van der Waals surface area contributed by atoms with E-state index in [1.54, 1.807) is 79.9 Å². The summed E-state index contributed by atoms with van der Waals surface area (Å²) in [7, 11) is 2.72. The van der Waals surface area contributed by atoms with Crippen LogP contribution >= 0.6 is 0 Å². The Bertz CT molecular complexity index is 1850. The zero-order chi connectivity index (χ0) is 35.8. The van der Waals surface area contributed by atoms with Gasteiger partial charge in [-0.1, -0.05) is 72.8 Å². The Balaban J connectivity index is 1.49. The van der Waals surface area contributed by atoms with Crippen LogP contribution in [0.5, 0.6) is 17.2 Å². The summed E-state index contributed by atoms with van der Waals surface area (Å²) in [5.41, 5.74) is 0.433. The van der Waals surface area contributed by atoms with Crippen LogP contribution < -0.4 is 14.2 Å². The molecule has 0 aliphatic carbocycles. The molecule has 0 N–H and O–H groups in total. The molecule has 4 aromatic carbocycles. The minimum atomic E-state index is -1.08. The number of hydrogen-bond donors (Lipinski definition) is 0. The van der Waals surface area contributed by atoms with E-state index >= 15 is 0 Å². The molecule has 2 atom stereocenters. The van der Waals surface area contributed by atoms with Crippen LogP contribution in [0.1, 0.15) is 27.8 Å². The van der Waals surface area contributed by atoms with E-state index in [2.05, 4.69) is 0 Å². The SMILES string of the molecule is COC(=O)N1[C@H](C(=O)Cc2c(OCc3ccccc3)c([N+](=O)[O-])c(C)c(OCc3ccccc3)c2[N+](=O)[O-])[C@@H]1COCc1ccc(OC)cc1. The Kier molecular flexibility index (Phi) is 11.2. The minimum absolute atomic E-state index is 0.0452. The Morgan fingerprint density at radius 1 is 0.740 bits per heavy atom. The van der Waals surface area contributed by atoms with Gasteiger partial charge in [0.15, 0.2) is 5.78 Å². The number of nitrogens with zero attached hydrogens (tertiary/aromatic N) is 3. The largest absolute Gasteiger partial charge is 0.497 e. The number of benzene rings is 4. The molecule has 50 heavy (non-hydrogen) atoms. The van der Waals surface area contributed by atoms with Gasteiger partial charge in [0.2, 0.25) is 11.5 Å². The molecule has 0 bridgehead atoms. The van der Waals surface area contributed by atoms with Gasteiger partial charge in [0, 0.05) is 6.42 Å². The lowest BCUT2D eigenvalue weighted by molar-refractivity contribution is -0.391. The van der Waals surface area contributed by atoms with E-state index in [0.717, 1.165) is 12.7 Å². The first-order valence-electron chi connectivity index (χ1n) is 15.6. The van der Waals surface area contributed by atoms with Gasteiger partial charge in [-0.25, -0.2) is 4.79 Å². The summed E-state index contributed by atoms with van der Waals surface area (Å²) in [5, 5.41) is 25.3. The molecule has 1 aliphatic heterocycles. The number of nitro benzene ring substituents is 2. The third kappa shape index (κ3) is 7.98. The number of hydrogen-bond acceptors (Lipinski definition) is 11. The Hall–Kier alpha value is -6.02. The monoisotopic (exact) mass is 685 g/mol. The van der Waals surface area contributed by atoms with Gasteiger partial charge in [-0.15, -0.1) is 0 Å². The molecule has 5 rings (SSSR count). The van der Waals surface area contributed by atoms with E-state index < -0.39 is 57.4 Å². The van der Waals surface area contributed by atoms with Crippen molar-refractivity contribution in [3.8, 4) is 17.2 Å². The topological polar surface area (TPSA) is 170 Å². The molecular weight excluding hydrogens is 650 g/mol. The van der Waals surface area contributed by atoms with Crippen molar-refractivity contribution < 1.29 is 43.1 Å². The van der Waals surface area contributed by atoms with Crippen molar-refractivity contribution in [2.24, 2.45) is 0 Å². The van der Waals surface area contributed by atoms with Crippen molar-refractivity contribution in [3.05, 3.63) is 133 Å². The molecule has 0 aromatic heterocycles. The third-order valence-corrected chi connectivity index (χ3v) is 8.22. The summed E-state index contributed by atoms with van der Waals surface area (Å²) < 4.78 is 27.7. The van der Waals surface area contributed by atoms with E-state index in [9.17, 15) is 29.8 Å². The molecule has 4 aromatic rings. The van der Waals surface area contributed by atoms with Crippen molar-refractivity contribution in [1.82, 2.24) is 4.90 Å². The van der Waals surface area contributed by atoms with Crippen LogP contribution in [0, 0.1) is 27.2 Å². The number of carbonyl (C=O) groups excluding carboxylic acids is 2. The summed E-state index contributed by atoms with van der Waals surface area (Å²) in [6.45, 7) is 1.15. The van der Waals surface area contributed by atoms with Crippen molar-refractivity contribution >= 4 is 23.3 Å². The van der Waals surface area contributed by atoms with Gasteiger partial charge in [0.05, 0.1) is 54.4 Å². The number of ketones is 1. The fraction of sp³-hybridized carbons (Fsp3) is 0.278. The Morgan fingerprint density at radius 3 is 1.80 bits per heavy atom. The second kappa shape index (κ2) is 15.9. The number of Topliss-reactive ketones (excluding diaryl/α,β-unsaturated/α-hetero) is 1. The van der Waals surface area contributed by atoms with Gasteiger partial charge in [-0.05, 0) is 35.7 Å². The molecule has 14 heteroatoms. The first kappa shape index (κ1) is 35.3. The fourth-order valence-electron chi connectivity index (χ4n) is 5.68. The highest BCUT2D eigenvalue weighted by Crippen LogP contribution is 2.49. The van der Waals surface area contributed by atoms with Gasteiger partial charge in [0.1, 0.15) is 25.0 Å². The molecule has 0 unspecified atom stereocenters. The third-order valence-electron chi connectivity index (χ3n) is 8.22. The lowest BCUT2D eigenvalue weighted by Gasteiger charge is -2.17. The molecule has 14 nitrogen and oxygen atoms in total. The highest BCUT2D eigenvalue weighted by atomic mass is 16.6.